The van der Waals surface area contributed by atoms with Gasteiger partial charge in [-0.25, -0.2) is 4.39 Å². The maximum absolute atomic E-state index is 14.5. The molecule has 1 saturated heterocycles. The van der Waals surface area contributed by atoms with Crippen LogP contribution in [0.25, 0.3) is 0 Å². The summed E-state index contributed by atoms with van der Waals surface area (Å²) in [7, 11) is 0. The first-order chi connectivity index (χ1) is 10.9. The van der Waals surface area contributed by atoms with Crippen molar-refractivity contribution in [3.63, 3.8) is 0 Å². The summed E-state index contributed by atoms with van der Waals surface area (Å²) in [6.45, 7) is 6.05. The SMILES string of the molecule is C=CCC[C@@H](c1c(C(F)(F)F)ccc(Cl)c1F)N1CCNCC1. The van der Waals surface area contributed by atoms with E-state index in [1.54, 1.807) is 6.08 Å². The molecule has 2 rings (SSSR count). The van der Waals surface area contributed by atoms with Gasteiger partial charge in [-0.1, -0.05) is 17.7 Å². The zero-order chi connectivity index (χ0) is 17.0. The van der Waals surface area contributed by atoms with E-state index in [-0.39, 0.29) is 10.6 Å². The molecule has 1 aliphatic rings. The van der Waals surface area contributed by atoms with Crippen molar-refractivity contribution >= 4 is 11.6 Å². The van der Waals surface area contributed by atoms with E-state index in [1.807, 2.05) is 4.90 Å². The van der Waals surface area contributed by atoms with Gasteiger partial charge in [0.2, 0.25) is 0 Å². The Balaban J connectivity index is 2.51. The molecule has 1 aromatic rings. The molecule has 0 saturated carbocycles. The lowest BCUT2D eigenvalue weighted by Gasteiger charge is -2.36. The van der Waals surface area contributed by atoms with Gasteiger partial charge < -0.3 is 5.32 Å². The summed E-state index contributed by atoms with van der Waals surface area (Å²) in [5.74, 6) is -0.978. The smallest absolute Gasteiger partial charge is 0.314 e. The van der Waals surface area contributed by atoms with E-state index >= 15 is 0 Å². The topological polar surface area (TPSA) is 15.3 Å². The molecule has 0 amide bonds. The highest BCUT2D eigenvalue weighted by Gasteiger charge is 2.39. The highest BCUT2D eigenvalue weighted by molar-refractivity contribution is 6.30. The molecule has 0 radical (unpaired) electrons. The van der Waals surface area contributed by atoms with Crippen molar-refractivity contribution < 1.29 is 17.6 Å². The minimum Gasteiger partial charge on any atom is -0.314 e. The first kappa shape index (κ1) is 18.2. The second kappa shape index (κ2) is 7.64. The van der Waals surface area contributed by atoms with Crippen molar-refractivity contribution in [2.75, 3.05) is 26.2 Å². The summed E-state index contributed by atoms with van der Waals surface area (Å²) < 4.78 is 54.6. The molecule has 128 valence electrons. The number of piperazine rings is 1. The van der Waals surface area contributed by atoms with E-state index in [2.05, 4.69) is 11.9 Å². The van der Waals surface area contributed by atoms with Crippen LogP contribution in [0.2, 0.25) is 5.02 Å². The van der Waals surface area contributed by atoms with Crippen molar-refractivity contribution in [1.29, 1.82) is 0 Å². The molecule has 1 aliphatic heterocycles. The van der Waals surface area contributed by atoms with Crippen molar-refractivity contribution in [2.24, 2.45) is 0 Å². The van der Waals surface area contributed by atoms with E-state index in [0.29, 0.717) is 39.0 Å². The van der Waals surface area contributed by atoms with Crippen molar-refractivity contribution in [1.82, 2.24) is 10.2 Å². The molecule has 0 aliphatic carbocycles. The predicted octanol–water partition coefficient (Wildman–Crippen LogP) is 4.41. The lowest BCUT2D eigenvalue weighted by atomic mass is 9.93. The fraction of sp³-hybridized carbons (Fsp3) is 0.500. The van der Waals surface area contributed by atoms with E-state index in [1.165, 1.54) is 0 Å². The number of benzene rings is 1. The van der Waals surface area contributed by atoms with Crippen LogP contribution in [0.3, 0.4) is 0 Å². The molecule has 0 spiro atoms. The second-order valence-corrected chi connectivity index (χ2v) is 5.90. The maximum Gasteiger partial charge on any atom is 0.416 e. The van der Waals surface area contributed by atoms with Crippen molar-refractivity contribution in [3.05, 3.63) is 46.8 Å². The number of nitrogens with one attached hydrogen (secondary N) is 1. The van der Waals surface area contributed by atoms with E-state index in [4.69, 9.17) is 11.6 Å². The number of nitrogens with zero attached hydrogens (tertiary/aromatic N) is 1. The fourth-order valence-electron chi connectivity index (χ4n) is 2.92. The van der Waals surface area contributed by atoms with Gasteiger partial charge in [0.1, 0.15) is 5.82 Å². The third-order valence-corrected chi connectivity index (χ3v) is 4.30. The molecule has 0 unspecified atom stereocenters. The Kier molecular flexibility index (Phi) is 6.06. The molecular formula is C16H19ClF4N2. The van der Waals surface area contributed by atoms with Gasteiger partial charge in [0.05, 0.1) is 10.6 Å². The summed E-state index contributed by atoms with van der Waals surface area (Å²) in [5.41, 5.74) is -1.30. The average molecular weight is 351 g/mol. The average Bonchev–Trinajstić information content (AvgIpc) is 2.51. The zero-order valence-electron chi connectivity index (χ0n) is 12.6. The van der Waals surface area contributed by atoms with Gasteiger partial charge >= 0.3 is 6.18 Å². The van der Waals surface area contributed by atoms with Crippen LogP contribution in [-0.2, 0) is 6.18 Å². The van der Waals surface area contributed by atoms with E-state index < -0.39 is 23.6 Å². The first-order valence-electron chi connectivity index (χ1n) is 7.47. The predicted molar refractivity (Wildman–Crippen MR) is 83.0 cm³/mol. The van der Waals surface area contributed by atoms with Crippen LogP contribution in [0.1, 0.15) is 30.0 Å². The van der Waals surface area contributed by atoms with E-state index in [0.717, 1.165) is 12.1 Å². The lowest BCUT2D eigenvalue weighted by molar-refractivity contribution is -0.139. The fourth-order valence-corrected chi connectivity index (χ4v) is 3.08. The van der Waals surface area contributed by atoms with Crippen LogP contribution in [0.4, 0.5) is 17.6 Å². The maximum atomic E-state index is 14.5. The Morgan fingerprint density at radius 1 is 1.30 bits per heavy atom. The van der Waals surface area contributed by atoms with Crippen molar-refractivity contribution in [2.45, 2.75) is 25.1 Å². The Labute approximate surface area is 138 Å². The van der Waals surface area contributed by atoms with Crippen molar-refractivity contribution in [3.8, 4) is 0 Å². The minimum absolute atomic E-state index is 0.285. The van der Waals surface area contributed by atoms with Crippen LogP contribution in [0.15, 0.2) is 24.8 Å². The van der Waals surface area contributed by atoms with Crippen LogP contribution in [0, 0.1) is 5.82 Å². The zero-order valence-corrected chi connectivity index (χ0v) is 13.4. The molecular weight excluding hydrogens is 332 g/mol. The molecule has 1 N–H and O–H groups in total. The highest BCUT2D eigenvalue weighted by Crippen LogP contribution is 2.41. The number of alkyl halides is 3. The lowest BCUT2D eigenvalue weighted by Crippen LogP contribution is -2.45. The van der Waals surface area contributed by atoms with Gasteiger partial charge in [0, 0.05) is 37.8 Å². The van der Waals surface area contributed by atoms with Crippen LogP contribution in [0.5, 0.6) is 0 Å². The van der Waals surface area contributed by atoms with Gasteiger partial charge in [-0.2, -0.15) is 13.2 Å². The molecule has 1 heterocycles. The van der Waals surface area contributed by atoms with Gasteiger partial charge in [-0.3, -0.25) is 4.90 Å². The Hall–Kier alpha value is -1.11. The quantitative estimate of drug-likeness (QED) is 0.625. The summed E-state index contributed by atoms with van der Waals surface area (Å²) >= 11 is 5.76. The molecule has 1 aromatic carbocycles. The van der Waals surface area contributed by atoms with Gasteiger partial charge in [-0.15, -0.1) is 6.58 Å². The van der Waals surface area contributed by atoms with Gasteiger partial charge in [0.25, 0.3) is 0 Å². The molecule has 2 nitrogen and oxygen atoms in total. The monoisotopic (exact) mass is 350 g/mol. The van der Waals surface area contributed by atoms with E-state index in [9.17, 15) is 17.6 Å². The number of rotatable bonds is 5. The Bertz CT molecular complexity index is 554. The van der Waals surface area contributed by atoms with Crippen LogP contribution >= 0.6 is 11.6 Å². The third kappa shape index (κ3) is 4.25. The molecule has 0 bridgehead atoms. The molecule has 23 heavy (non-hydrogen) atoms. The normalized spacial score (nSPS) is 18.0. The highest BCUT2D eigenvalue weighted by atomic mass is 35.5. The Morgan fingerprint density at radius 3 is 2.52 bits per heavy atom. The second-order valence-electron chi connectivity index (χ2n) is 5.49. The van der Waals surface area contributed by atoms with Crippen LogP contribution < -0.4 is 5.32 Å². The largest absolute Gasteiger partial charge is 0.416 e. The summed E-state index contributed by atoms with van der Waals surface area (Å²) in [6, 6.07) is 1.15. The summed E-state index contributed by atoms with van der Waals surface area (Å²) in [6.07, 6.45) is -2.13. The number of halogens is 5. The minimum atomic E-state index is -4.62. The molecule has 1 fully saturated rings. The first-order valence-corrected chi connectivity index (χ1v) is 7.84. The van der Waals surface area contributed by atoms with Gasteiger partial charge in [-0.05, 0) is 25.0 Å². The van der Waals surface area contributed by atoms with Crippen LogP contribution in [-0.4, -0.2) is 31.1 Å². The third-order valence-electron chi connectivity index (χ3n) is 4.01. The Morgan fingerprint density at radius 2 is 1.96 bits per heavy atom. The summed E-state index contributed by atoms with van der Waals surface area (Å²) in [5, 5.41) is 2.86. The number of hydrogen-bond acceptors (Lipinski definition) is 2. The van der Waals surface area contributed by atoms with Gasteiger partial charge in [0.15, 0.2) is 0 Å². The summed E-state index contributed by atoms with van der Waals surface area (Å²) in [4.78, 5) is 1.88. The molecule has 7 heteroatoms. The number of allylic oxidation sites excluding steroid dienone is 1. The molecule has 0 aromatic heterocycles. The standard InChI is InChI=1S/C16H19ClF4N2/c1-2-3-4-13(23-9-7-22-8-10-23)14-11(16(19,20)21)5-6-12(17)15(14)18/h2,5-6,13,22H,1,3-4,7-10H2/t13-/m0/s1. The number of hydrogen-bond donors (Lipinski definition) is 1. The molecule has 1 atom stereocenters.